The molecular weight excluding hydrogens is 400 g/mol. The van der Waals surface area contributed by atoms with E-state index in [2.05, 4.69) is 48.5 Å². The number of ketones is 1. The molecule has 1 aromatic carbocycles. The second kappa shape index (κ2) is 16.0. The molecule has 0 fully saturated rings. The predicted molar refractivity (Wildman–Crippen MR) is 134 cm³/mol. The average molecular weight is 441 g/mol. The fourth-order valence-corrected chi connectivity index (χ4v) is 3.29. The van der Waals surface area contributed by atoms with Gasteiger partial charge in [0.25, 0.3) is 0 Å². The number of aldehydes is 1. The number of anilines is 1. The number of nitrogens with zero attached hydrogens (tertiary/aromatic N) is 1. The summed E-state index contributed by atoms with van der Waals surface area (Å²) in [5, 5.41) is 3.20. The third kappa shape index (κ3) is 10.6. The Hall–Kier alpha value is -2.66. The number of hydrogen-bond acceptors (Lipinski definition) is 5. The third-order valence-corrected chi connectivity index (χ3v) is 5.45. The van der Waals surface area contributed by atoms with Gasteiger partial charge in [0.15, 0.2) is 5.78 Å². The first-order valence-corrected chi connectivity index (χ1v) is 11.5. The lowest BCUT2D eigenvalue weighted by molar-refractivity contribution is -0.115. The molecule has 0 saturated carbocycles. The zero-order valence-electron chi connectivity index (χ0n) is 20.4. The molecule has 5 heteroatoms. The molecule has 0 spiro atoms. The fraction of sp³-hybridized carbons (Fsp3) is 0.481. The monoisotopic (exact) mass is 440 g/mol. The number of methoxy groups -OCH3 is 1. The van der Waals surface area contributed by atoms with Crippen LogP contribution >= 0.6 is 0 Å². The lowest BCUT2D eigenvalue weighted by Gasteiger charge is -2.20. The molecule has 0 bridgehead atoms. The maximum Gasteiger partial charge on any atom is 0.162 e. The Balaban J connectivity index is 0.00000118. The molecule has 2 rings (SSSR count). The minimum atomic E-state index is 0.204. The molecule has 1 aromatic rings. The molecule has 176 valence electrons. The molecule has 1 aliphatic rings. The van der Waals surface area contributed by atoms with Crippen molar-refractivity contribution in [3.63, 3.8) is 0 Å². The van der Waals surface area contributed by atoms with Crippen molar-refractivity contribution in [2.75, 3.05) is 39.6 Å². The van der Waals surface area contributed by atoms with Gasteiger partial charge >= 0.3 is 0 Å². The predicted octanol–water partition coefficient (Wildman–Crippen LogP) is 5.51. The van der Waals surface area contributed by atoms with Crippen molar-refractivity contribution in [3.05, 3.63) is 65.5 Å². The van der Waals surface area contributed by atoms with Crippen LogP contribution in [0.4, 0.5) is 5.69 Å². The molecule has 0 aromatic heterocycles. The highest BCUT2D eigenvalue weighted by molar-refractivity contribution is 5.98. The van der Waals surface area contributed by atoms with Gasteiger partial charge in [0, 0.05) is 37.6 Å². The summed E-state index contributed by atoms with van der Waals surface area (Å²) in [6.45, 7) is 6.05. The van der Waals surface area contributed by atoms with Crippen molar-refractivity contribution in [3.8, 4) is 0 Å². The highest BCUT2D eigenvalue weighted by Gasteiger charge is 2.11. The normalized spacial score (nSPS) is 13.8. The zero-order chi connectivity index (χ0) is 23.8. The Morgan fingerprint density at radius 3 is 2.69 bits per heavy atom. The molecule has 0 amide bonds. The Bertz CT molecular complexity index is 796. The van der Waals surface area contributed by atoms with E-state index >= 15 is 0 Å². The van der Waals surface area contributed by atoms with Crippen molar-refractivity contribution in [1.29, 1.82) is 0 Å². The molecule has 0 heterocycles. The summed E-state index contributed by atoms with van der Waals surface area (Å²) >= 11 is 0. The molecule has 0 aliphatic heterocycles. The van der Waals surface area contributed by atoms with Gasteiger partial charge in [-0.15, -0.1) is 0 Å². The van der Waals surface area contributed by atoms with Gasteiger partial charge in [0.2, 0.25) is 0 Å². The maximum absolute atomic E-state index is 12.4. The molecule has 1 aliphatic carbocycles. The van der Waals surface area contributed by atoms with E-state index in [-0.39, 0.29) is 5.78 Å². The smallest absolute Gasteiger partial charge is 0.162 e. The summed E-state index contributed by atoms with van der Waals surface area (Å²) in [5.74, 6) is 1.60. The van der Waals surface area contributed by atoms with E-state index in [0.29, 0.717) is 18.8 Å². The first-order valence-electron chi connectivity index (χ1n) is 11.5. The highest BCUT2D eigenvalue weighted by atomic mass is 16.5. The van der Waals surface area contributed by atoms with Gasteiger partial charge < -0.3 is 19.7 Å². The van der Waals surface area contributed by atoms with Gasteiger partial charge in [-0.05, 0) is 68.7 Å². The van der Waals surface area contributed by atoms with Gasteiger partial charge in [-0.25, -0.2) is 0 Å². The van der Waals surface area contributed by atoms with Crippen LogP contribution in [-0.2, 0) is 14.3 Å². The van der Waals surface area contributed by atoms with Crippen molar-refractivity contribution < 1.29 is 14.3 Å². The molecule has 0 radical (unpaired) electrons. The van der Waals surface area contributed by atoms with Crippen LogP contribution in [0.2, 0.25) is 0 Å². The van der Waals surface area contributed by atoms with Gasteiger partial charge in [0.05, 0.1) is 12.9 Å². The molecular formula is C27H40N2O3. The zero-order valence-corrected chi connectivity index (χ0v) is 20.4. The lowest BCUT2D eigenvalue weighted by atomic mass is 9.97. The molecule has 1 N–H and O–H groups in total. The van der Waals surface area contributed by atoms with Crippen molar-refractivity contribution in [2.24, 2.45) is 0 Å². The lowest BCUT2D eigenvalue weighted by Crippen LogP contribution is -2.22. The number of carbonyl (C=O) groups excluding carboxylic acids is 2. The Labute approximate surface area is 194 Å². The van der Waals surface area contributed by atoms with E-state index in [4.69, 9.17) is 4.74 Å². The largest absolute Gasteiger partial charge is 0.501 e. The second-order valence-corrected chi connectivity index (χ2v) is 8.04. The first kappa shape index (κ1) is 27.4. The summed E-state index contributed by atoms with van der Waals surface area (Å²) in [7, 11) is 5.75. The number of nitrogens with one attached hydrogen (secondary N) is 1. The van der Waals surface area contributed by atoms with Gasteiger partial charge in [-0.3, -0.25) is 4.79 Å². The van der Waals surface area contributed by atoms with E-state index < -0.39 is 0 Å². The fourth-order valence-electron chi connectivity index (χ4n) is 3.29. The molecule has 0 saturated heterocycles. The topological polar surface area (TPSA) is 58.6 Å². The SMILES string of the molecule is CCC=O.CNc1cccc(C(C)CCN(C)CCCC(=O)C2=CC=C(OC)CC=C2)c1. The van der Waals surface area contributed by atoms with E-state index in [1.165, 1.54) is 5.56 Å². The number of Topliss-reactive ketones (excluding diaryl/α,β-unsaturated/α-hetero) is 1. The van der Waals surface area contributed by atoms with E-state index in [0.717, 1.165) is 55.7 Å². The van der Waals surface area contributed by atoms with Crippen LogP contribution in [0, 0.1) is 0 Å². The number of benzene rings is 1. The number of allylic oxidation sites excluding steroid dienone is 5. The van der Waals surface area contributed by atoms with Crippen LogP contribution in [-0.4, -0.2) is 51.3 Å². The minimum absolute atomic E-state index is 0.204. The van der Waals surface area contributed by atoms with Gasteiger partial charge in [-0.1, -0.05) is 38.1 Å². The van der Waals surface area contributed by atoms with Crippen molar-refractivity contribution >= 4 is 17.8 Å². The standard InChI is InChI=1S/C24H34N2O2.C3H6O/c1-19(21-9-5-10-22(18-21)25-2)15-17-26(3)16-7-12-24(27)20-8-6-11-23(28-4)14-13-20;1-2-3-4/h5-6,8-10,13-14,18-19,25H,7,11-12,15-17H2,1-4H3;3H,2H2,1H3. The van der Waals surface area contributed by atoms with Gasteiger partial charge in [0.1, 0.15) is 6.29 Å². The van der Waals surface area contributed by atoms with E-state index in [1.54, 1.807) is 7.11 Å². The maximum atomic E-state index is 12.4. The Morgan fingerprint density at radius 2 is 2.03 bits per heavy atom. The second-order valence-electron chi connectivity index (χ2n) is 8.04. The number of hydrogen-bond donors (Lipinski definition) is 1. The third-order valence-electron chi connectivity index (χ3n) is 5.45. The molecule has 1 unspecified atom stereocenters. The summed E-state index contributed by atoms with van der Waals surface area (Å²) in [6, 6.07) is 8.61. The summed E-state index contributed by atoms with van der Waals surface area (Å²) in [5.41, 5.74) is 3.30. The van der Waals surface area contributed by atoms with Crippen LogP contribution in [0.5, 0.6) is 0 Å². The van der Waals surface area contributed by atoms with Gasteiger partial charge in [-0.2, -0.15) is 0 Å². The molecule has 32 heavy (non-hydrogen) atoms. The van der Waals surface area contributed by atoms with Crippen molar-refractivity contribution in [1.82, 2.24) is 4.90 Å². The average Bonchev–Trinajstić information content (AvgIpc) is 3.08. The van der Waals surface area contributed by atoms with Crippen molar-refractivity contribution in [2.45, 2.75) is 51.9 Å². The van der Waals surface area contributed by atoms with Crippen LogP contribution in [0.1, 0.15) is 57.4 Å². The van der Waals surface area contributed by atoms with E-state index in [1.807, 2.05) is 38.3 Å². The minimum Gasteiger partial charge on any atom is -0.501 e. The summed E-state index contributed by atoms with van der Waals surface area (Å²) in [4.78, 5) is 23.9. The Kier molecular flexibility index (Phi) is 13.7. The highest BCUT2D eigenvalue weighted by Crippen LogP contribution is 2.22. The van der Waals surface area contributed by atoms with Crippen LogP contribution in [0.3, 0.4) is 0 Å². The number of rotatable bonds is 12. The number of carbonyl (C=O) groups is 2. The Morgan fingerprint density at radius 1 is 1.28 bits per heavy atom. The molecule has 1 atom stereocenters. The first-order chi connectivity index (χ1) is 15.4. The van der Waals surface area contributed by atoms with Crippen LogP contribution < -0.4 is 5.32 Å². The van der Waals surface area contributed by atoms with E-state index in [9.17, 15) is 9.59 Å². The summed E-state index contributed by atoms with van der Waals surface area (Å²) in [6.07, 6.45) is 12.5. The quantitative estimate of drug-likeness (QED) is 0.434. The van der Waals surface area contributed by atoms with Crippen LogP contribution in [0.25, 0.3) is 0 Å². The summed E-state index contributed by atoms with van der Waals surface area (Å²) < 4.78 is 5.25. The molecule has 5 nitrogen and oxygen atoms in total. The number of ether oxygens (including phenoxy) is 1. The van der Waals surface area contributed by atoms with Crippen LogP contribution in [0.15, 0.2) is 59.9 Å².